The molecule has 3 rings (SSSR count). The van der Waals surface area contributed by atoms with E-state index >= 15 is 0 Å². The Balaban J connectivity index is 1.41. The van der Waals surface area contributed by atoms with E-state index in [4.69, 9.17) is 4.42 Å². The number of furan rings is 1. The molecule has 1 aromatic carbocycles. The summed E-state index contributed by atoms with van der Waals surface area (Å²) in [5.41, 5.74) is 0.909. The molecule has 0 spiro atoms. The Kier molecular flexibility index (Phi) is 5.34. The quantitative estimate of drug-likeness (QED) is 0.861. The normalized spacial score (nSPS) is 19.6. The van der Waals surface area contributed by atoms with Crippen molar-refractivity contribution >= 4 is 16.9 Å². The Morgan fingerprint density at radius 3 is 3.09 bits per heavy atom. The molecule has 2 N–H and O–H groups in total. The lowest BCUT2D eigenvalue weighted by atomic mass is 9.85. The highest BCUT2D eigenvalue weighted by Crippen LogP contribution is 2.22. The van der Waals surface area contributed by atoms with Crippen LogP contribution in [0, 0.1) is 11.8 Å². The first kappa shape index (κ1) is 16.1. The van der Waals surface area contributed by atoms with E-state index in [9.17, 15) is 4.79 Å². The third-order valence-corrected chi connectivity index (χ3v) is 4.82. The zero-order valence-electron chi connectivity index (χ0n) is 13.8. The molecule has 4 heteroatoms. The van der Waals surface area contributed by atoms with Crippen LogP contribution in [-0.2, 0) is 11.2 Å². The van der Waals surface area contributed by atoms with Crippen LogP contribution in [-0.4, -0.2) is 25.5 Å². The monoisotopic (exact) mass is 314 g/mol. The summed E-state index contributed by atoms with van der Waals surface area (Å²) in [6.45, 7) is 4.99. The highest BCUT2D eigenvalue weighted by Gasteiger charge is 2.21. The molecule has 1 aromatic heterocycles. The van der Waals surface area contributed by atoms with Crippen LogP contribution < -0.4 is 10.6 Å². The van der Waals surface area contributed by atoms with Crippen molar-refractivity contribution in [3.05, 3.63) is 36.1 Å². The summed E-state index contributed by atoms with van der Waals surface area (Å²) >= 11 is 0. The number of rotatable bonds is 6. The Hall–Kier alpha value is -1.81. The second kappa shape index (κ2) is 7.64. The number of nitrogens with one attached hydrogen (secondary N) is 2. The largest absolute Gasteiger partial charge is 0.461 e. The number of benzene rings is 1. The molecule has 1 aliphatic rings. The van der Waals surface area contributed by atoms with Crippen molar-refractivity contribution in [2.75, 3.05) is 19.6 Å². The summed E-state index contributed by atoms with van der Waals surface area (Å²) in [5, 5.41) is 7.57. The molecule has 4 nitrogen and oxygen atoms in total. The predicted molar refractivity (Wildman–Crippen MR) is 92.3 cm³/mol. The number of carbonyl (C=O) groups is 1. The predicted octanol–water partition coefficient (Wildman–Crippen LogP) is 3.12. The van der Waals surface area contributed by atoms with Gasteiger partial charge in [0.2, 0.25) is 5.91 Å². The number of amides is 1. The lowest BCUT2D eigenvalue weighted by Gasteiger charge is -2.28. The maximum atomic E-state index is 12.1. The fourth-order valence-corrected chi connectivity index (χ4v) is 3.38. The molecule has 2 atom stereocenters. The maximum Gasteiger partial charge on any atom is 0.220 e. The van der Waals surface area contributed by atoms with Crippen LogP contribution in [0.25, 0.3) is 11.0 Å². The number of hydrogen-bond acceptors (Lipinski definition) is 3. The lowest BCUT2D eigenvalue weighted by Crippen LogP contribution is -2.35. The molecule has 0 radical (unpaired) electrons. The third kappa shape index (κ3) is 4.35. The van der Waals surface area contributed by atoms with E-state index in [0.29, 0.717) is 24.8 Å². The van der Waals surface area contributed by atoms with Crippen LogP contribution >= 0.6 is 0 Å². The summed E-state index contributed by atoms with van der Waals surface area (Å²) in [4.78, 5) is 12.1. The van der Waals surface area contributed by atoms with E-state index in [1.165, 1.54) is 12.8 Å². The molecule has 0 saturated carbocycles. The third-order valence-electron chi connectivity index (χ3n) is 4.82. The van der Waals surface area contributed by atoms with Gasteiger partial charge >= 0.3 is 0 Å². The molecule has 0 bridgehead atoms. The summed E-state index contributed by atoms with van der Waals surface area (Å²) in [7, 11) is 0. The van der Waals surface area contributed by atoms with Crippen LogP contribution in [0.4, 0.5) is 0 Å². The van der Waals surface area contributed by atoms with Gasteiger partial charge in [-0.2, -0.15) is 0 Å². The molecule has 1 aliphatic heterocycles. The maximum absolute atomic E-state index is 12.1. The van der Waals surface area contributed by atoms with Crippen LogP contribution in [0.15, 0.2) is 34.7 Å². The fraction of sp³-hybridized carbons (Fsp3) is 0.526. The first-order valence-corrected chi connectivity index (χ1v) is 8.67. The Morgan fingerprint density at radius 1 is 1.43 bits per heavy atom. The molecule has 23 heavy (non-hydrogen) atoms. The lowest BCUT2D eigenvalue weighted by molar-refractivity contribution is -0.122. The summed E-state index contributed by atoms with van der Waals surface area (Å²) in [6.07, 6.45) is 3.81. The van der Waals surface area contributed by atoms with E-state index in [1.54, 1.807) is 0 Å². The van der Waals surface area contributed by atoms with Crippen molar-refractivity contribution in [3.8, 4) is 0 Å². The number of hydrogen-bond donors (Lipinski definition) is 2. The van der Waals surface area contributed by atoms with Crippen LogP contribution in [0.3, 0.4) is 0 Å². The van der Waals surface area contributed by atoms with Crippen molar-refractivity contribution < 1.29 is 9.21 Å². The van der Waals surface area contributed by atoms with Crippen molar-refractivity contribution in [2.24, 2.45) is 11.8 Å². The minimum absolute atomic E-state index is 0.152. The summed E-state index contributed by atoms with van der Waals surface area (Å²) < 4.78 is 5.77. The van der Waals surface area contributed by atoms with Gasteiger partial charge in [-0.15, -0.1) is 0 Å². The molecule has 2 heterocycles. The Labute approximate surface area is 137 Å². The fourth-order valence-electron chi connectivity index (χ4n) is 3.38. The number of fused-ring (bicyclic) bond motifs is 1. The highest BCUT2D eigenvalue weighted by atomic mass is 16.3. The van der Waals surface area contributed by atoms with Gasteiger partial charge in [-0.3, -0.25) is 4.79 Å². The zero-order valence-corrected chi connectivity index (χ0v) is 13.8. The molecule has 2 unspecified atom stereocenters. The molecule has 124 valence electrons. The van der Waals surface area contributed by atoms with Crippen molar-refractivity contribution in [2.45, 2.75) is 32.6 Å². The molecular formula is C19H26N2O2. The van der Waals surface area contributed by atoms with Crippen molar-refractivity contribution in [1.29, 1.82) is 0 Å². The van der Waals surface area contributed by atoms with Gasteiger partial charge in [-0.1, -0.05) is 25.1 Å². The summed E-state index contributed by atoms with van der Waals surface area (Å²) in [6, 6.07) is 10.0. The van der Waals surface area contributed by atoms with Crippen molar-refractivity contribution in [3.63, 3.8) is 0 Å². The van der Waals surface area contributed by atoms with Gasteiger partial charge in [0.05, 0.1) is 0 Å². The van der Waals surface area contributed by atoms with Gasteiger partial charge in [0, 0.05) is 24.8 Å². The average molecular weight is 314 g/mol. The second-order valence-electron chi connectivity index (χ2n) is 6.64. The van der Waals surface area contributed by atoms with Gasteiger partial charge in [0.1, 0.15) is 11.3 Å². The minimum Gasteiger partial charge on any atom is -0.461 e. The highest BCUT2D eigenvalue weighted by molar-refractivity contribution is 5.78. The van der Waals surface area contributed by atoms with E-state index in [1.807, 2.05) is 24.3 Å². The minimum atomic E-state index is 0.152. The number of carbonyl (C=O) groups excluding carboxylic acids is 1. The van der Waals surface area contributed by atoms with Crippen molar-refractivity contribution in [1.82, 2.24) is 10.6 Å². The van der Waals surface area contributed by atoms with Crippen LogP contribution in [0.1, 0.15) is 31.9 Å². The van der Waals surface area contributed by atoms with E-state index in [0.717, 1.165) is 36.2 Å². The molecular weight excluding hydrogens is 288 g/mol. The second-order valence-corrected chi connectivity index (χ2v) is 6.64. The van der Waals surface area contributed by atoms with Crippen LogP contribution in [0.5, 0.6) is 0 Å². The molecule has 1 amide bonds. The molecule has 1 saturated heterocycles. The first-order chi connectivity index (χ1) is 11.2. The van der Waals surface area contributed by atoms with Gasteiger partial charge in [0.25, 0.3) is 0 Å². The average Bonchev–Trinajstić information content (AvgIpc) is 2.98. The SMILES string of the molecule is CC(CC(=O)NCCc1cc2ccccc2o1)C1CCCNC1. The van der Waals surface area contributed by atoms with Gasteiger partial charge in [-0.25, -0.2) is 0 Å². The van der Waals surface area contributed by atoms with Gasteiger partial charge < -0.3 is 15.1 Å². The smallest absolute Gasteiger partial charge is 0.220 e. The number of para-hydroxylation sites is 1. The standard InChI is InChI=1S/C19H26N2O2/c1-14(16-6-4-9-20-13-16)11-19(22)21-10-8-17-12-15-5-2-3-7-18(15)23-17/h2-3,5,7,12,14,16,20H,4,6,8-11,13H2,1H3,(H,21,22). The van der Waals surface area contributed by atoms with E-state index in [2.05, 4.69) is 23.6 Å². The zero-order chi connectivity index (χ0) is 16.1. The van der Waals surface area contributed by atoms with Gasteiger partial charge in [0.15, 0.2) is 0 Å². The molecule has 2 aromatic rings. The first-order valence-electron chi connectivity index (χ1n) is 8.67. The van der Waals surface area contributed by atoms with Crippen LogP contribution in [0.2, 0.25) is 0 Å². The number of piperidine rings is 1. The molecule has 0 aliphatic carbocycles. The Morgan fingerprint density at radius 2 is 2.30 bits per heavy atom. The van der Waals surface area contributed by atoms with Gasteiger partial charge in [-0.05, 0) is 49.9 Å². The topological polar surface area (TPSA) is 54.3 Å². The summed E-state index contributed by atoms with van der Waals surface area (Å²) in [5.74, 6) is 2.15. The van der Waals surface area contributed by atoms with E-state index in [-0.39, 0.29) is 5.91 Å². The van der Waals surface area contributed by atoms with E-state index < -0.39 is 0 Å². The Bertz CT molecular complexity index is 611. The molecule has 1 fully saturated rings.